The van der Waals surface area contributed by atoms with Gasteiger partial charge in [0.1, 0.15) is 0 Å². The molecule has 0 rings (SSSR count). The van der Waals surface area contributed by atoms with Crippen molar-refractivity contribution in [1.82, 2.24) is 0 Å². The summed E-state index contributed by atoms with van der Waals surface area (Å²) in [5, 5.41) is 4.27. The smallest absolute Gasteiger partial charge is 0.659 e. The Bertz CT molecular complexity index is 98.3. The van der Waals surface area contributed by atoms with Crippen LogP contribution in [0.2, 0.25) is 0 Å². The molecule has 0 saturated carbocycles. The maximum Gasteiger partial charge on any atom is 1.00 e. The molecule has 0 aliphatic carbocycles. The van der Waals surface area contributed by atoms with Crippen LogP contribution in [-0.4, -0.2) is 38.5 Å². The Balaban J connectivity index is 0. The second kappa shape index (κ2) is 11.6. The Labute approximate surface area is 100 Å². The van der Waals surface area contributed by atoms with Crippen LogP contribution in [0, 0.1) is 0 Å². The zero-order chi connectivity index (χ0) is 10.1. The van der Waals surface area contributed by atoms with E-state index in [4.69, 9.17) is 9.47 Å². The molecule has 0 amide bonds. The fourth-order valence-corrected chi connectivity index (χ4v) is 0.818. The summed E-state index contributed by atoms with van der Waals surface area (Å²) in [5.74, 6) is 0. The third-order valence-corrected chi connectivity index (χ3v) is 1.40. The average molecular weight is 195 g/mol. The summed E-state index contributed by atoms with van der Waals surface area (Å²) in [5.41, 5.74) is 0. The summed E-state index contributed by atoms with van der Waals surface area (Å²) in [7, 11) is 0. The molecule has 0 aliphatic rings. The number of ether oxygens (including phenoxy) is 2. The van der Waals surface area contributed by atoms with Crippen molar-refractivity contribution in [2.75, 3.05) is 26.3 Å². The number of hydrogen-bond donors (Lipinski definition) is 0. The van der Waals surface area contributed by atoms with Crippen LogP contribution in [0.5, 0.6) is 0 Å². The molecule has 3 nitrogen and oxygen atoms in total. The number of nitrogens with zero attached hydrogens (tertiary/aromatic N) is 1. The summed E-state index contributed by atoms with van der Waals surface area (Å²) in [4.78, 5) is 0. The van der Waals surface area contributed by atoms with Crippen molar-refractivity contribution < 1.29 is 28.3 Å². The quantitative estimate of drug-likeness (QED) is 0.376. The van der Waals surface area contributed by atoms with Crippen molar-refractivity contribution >= 4 is 0 Å². The molecule has 0 aliphatic heterocycles. The van der Waals surface area contributed by atoms with Crippen molar-refractivity contribution in [3.8, 4) is 0 Å². The first kappa shape index (κ1) is 16.9. The topological polar surface area (TPSA) is 32.6 Å². The third kappa shape index (κ3) is 15.0. The number of rotatable bonds is 8. The molecular formula is C10H22LiNO2. The van der Waals surface area contributed by atoms with Crippen LogP contribution < -0.4 is 18.9 Å². The van der Waals surface area contributed by atoms with Gasteiger partial charge in [0.05, 0.1) is 12.2 Å². The SMILES string of the molecule is CC(C)OCC[N-]CCOC(C)C.[Li+]. The molecule has 0 aromatic carbocycles. The molecule has 0 unspecified atom stereocenters. The van der Waals surface area contributed by atoms with Crippen LogP contribution in [0.3, 0.4) is 0 Å². The number of hydrogen-bond acceptors (Lipinski definition) is 2. The molecule has 0 aromatic heterocycles. The van der Waals surface area contributed by atoms with E-state index in [2.05, 4.69) is 5.32 Å². The molecule has 0 radical (unpaired) electrons. The summed E-state index contributed by atoms with van der Waals surface area (Å²) in [6, 6.07) is 0. The van der Waals surface area contributed by atoms with E-state index in [0.29, 0.717) is 12.2 Å². The molecule has 0 heterocycles. The summed E-state index contributed by atoms with van der Waals surface area (Å²) < 4.78 is 10.7. The minimum absolute atomic E-state index is 0. The van der Waals surface area contributed by atoms with Crippen LogP contribution in [0.1, 0.15) is 27.7 Å². The van der Waals surface area contributed by atoms with E-state index in [1.54, 1.807) is 0 Å². The van der Waals surface area contributed by atoms with Crippen LogP contribution in [0.4, 0.5) is 0 Å². The molecule has 0 saturated heterocycles. The van der Waals surface area contributed by atoms with Crippen LogP contribution >= 0.6 is 0 Å². The van der Waals surface area contributed by atoms with Gasteiger partial charge in [0.25, 0.3) is 0 Å². The second-order valence-corrected chi connectivity index (χ2v) is 3.51. The zero-order valence-corrected chi connectivity index (χ0v) is 10.2. The minimum atomic E-state index is 0. The largest absolute Gasteiger partial charge is 1.00 e. The van der Waals surface area contributed by atoms with Gasteiger partial charge in [0.2, 0.25) is 0 Å². The molecule has 80 valence electrons. The van der Waals surface area contributed by atoms with E-state index in [0.717, 1.165) is 26.3 Å². The van der Waals surface area contributed by atoms with E-state index in [9.17, 15) is 0 Å². The predicted octanol–water partition coefficient (Wildman–Crippen LogP) is -0.786. The van der Waals surface area contributed by atoms with Crippen molar-refractivity contribution in [2.24, 2.45) is 0 Å². The molecule has 4 heteroatoms. The molecule has 0 N–H and O–H groups in total. The first-order chi connectivity index (χ1) is 6.13. The van der Waals surface area contributed by atoms with Gasteiger partial charge in [-0.1, -0.05) is 0 Å². The van der Waals surface area contributed by atoms with Crippen LogP contribution in [-0.2, 0) is 9.47 Å². The zero-order valence-electron chi connectivity index (χ0n) is 10.2. The Morgan fingerprint density at radius 1 is 0.857 bits per heavy atom. The Morgan fingerprint density at radius 3 is 1.50 bits per heavy atom. The Kier molecular flexibility index (Phi) is 13.9. The van der Waals surface area contributed by atoms with Gasteiger partial charge >= 0.3 is 18.9 Å². The Hall–Kier alpha value is 0.477. The van der Waals surface area contributed by atoms with E-state index in [1.165, 1.54) is 0 Å². The van der Waals surface area contributed by atoms with Gasteiger partial charge in [-0.3, -0.25) is 0 Å². The first-order valence-corrected chi connectivity index (χ1v) is 4.99. The molecule has 0 spiro atoms. The minimum Gasteiger partial charge on any atom is -0.659 e. The molecule has 0 atom stereocenters. The van der Waals surface area contributed by atoms with Gasteiger partial charge in [-0.15, -0.1) is 13.1 Å². The van der Waals surface area contributed by atoms with Crippen molar-refractivity contribution in [2.45, 2.75) is 39.9 Å². The predicted molar refractivity (Wildman–Crippen MR) is 55.3 cm³/mol. The van der Waals surface area contributed by atoms with Gasteiger partial charge in [0, 0.05) is 13.2 Å². The summed E-state index contributed by atoms with van der Waals surface area (Å²) >= 11 is 0. The van der Waals surface area contributed by atoms with E-state index < -0.39 is 0 Å². The molecule has 14 heavy (non-hydrogen) atoms. The average Bonchev–Trinajstić information content (AvgIpc) is 2.01. The van der Waals surface area contributed by atoms with Gasteiger partial charge in [-0.2, -0.15) is 0 Å². The molecular weight excluding hydrogens is 173 g/mol. The van der Waals surface area contributed by atoms with Gasteiger partial charge < -0.3 is 14.8 Å². The normalized spacial score (nSPS) is 10.7. The Morgan fingerprint density at radius 2 is 1.21 bits per heavy atom. The standard InChI is InChI=1S/C10H22NO2.Li/c1-9(2)12-7-5-11-6-8-13-10(3)4;/h9-10H,5-8H2,1-4H3;/q-1;+1. The van der Waals surface area contributed by atoms with Crippen LogP contribution in [0.25, 0.3) is 5.32 Å². The van der Waals surface area contributed by atoms with Crippen LogP contribution in [0.15, 0.2) is 0 Å². The fourth-order valence-electron chi connectivity index (χ4n) is 0.818. The van der Waals surface area contributed by atoms with Gasteiger partial charge in [0.15, 0.2) is 0 Å². The second-order valence-electron chi connectivity index (χ2n) is 3.51. The van der Waals surface area contributed by atoms with Crippen molar-refractivity contribution in [3.63, 3.8) is 0 Å². The summed E-state index contributed by atoms with van der Waals surface area (Å²) in [6.45, 7) is 11.1. The van der Waals surface area contributed by atoms with E-state index >= 15 is 0 Å². The van der Waals surface area contributed by atoms with Crippen molar-refractivity contribution in [3.05, 3.63) is 5.32 Å². The molecule has 0 aromatic rings. The maximum absolute atomic E-state index is 5.33. The fraction of sp³-hybridized carbons (Fsp3) is 1.00. The first-order valence-electron chi connectivity index (χ1n) is 4.99. The van der Waals surface area contributed by atoms with E-state index in [1.807, 2.05) is 27.7 Å². The van der Waals surface area contributed by atoms with Gasteiger partial charge in [-0.25, -0.2) is 0 Å². The maximum atomic E-state index is 5.33. The van der Waals surface area contributed by atoms with E-state index in [-0.39, 0.29) is 18.9 Å². The monoisotopic (exact) mass is 195 g/mol. The molecule has 0 bridgehead atoms. The third-order valence-electron chi connectivity index (χ3n) is 1.40. The molecule has 0 fully saturated rings. The van der Waals surface area contributed by atoms with Crippen molar-refractivity contribution in [1.29, 1.82) is 0 Å². The van der Waals surface area contributed by atoms with Gasteiger partial charge in [-0.05, 0) is 27.7 Å². The summed E-state index contributed by atoms with van der Waals surface area (Å²) in [6.07, 6.45) is 0.615.